The van der Waals surface area contributed by atoms with E-state index in [-0.39, 0.29) is 0 Å². The van der Waals surface area contributed by atoms with E-state index in [0.717, 1.165) is 71.6 Å². The van der Waals surface area contributed by atoms with Crippen molar-refractivity contribution in [2.45, 2.75) is 0 Å². The van der Waals surface area contributed by atoms with E-state index in [0.29, 0.717) is 22.4 Å². The number of para-hydroxylation sites is 3. The van der Waals surface area contributed by atoms with E-state index in [2.05, 4.69) is 100 Å². The molecular weight excluding hydrogens is 611 g/mol. The molecule has 0 unspecified atom stereocenters. The van der Waals surface area contributed by atoms with E-state index < -0.39 is 0 Å². The van der Waals surface area contributed by atoms with Gasteiger partial charge in [-0.25, -0.2) is 0 Å². The van der Waals surface area contributed by atoms with Gasteiger partial charge in [0, 0.05) is 32.8 Å². The van der Waals surface area contributed by atoms with Gasteiger partial charge in [-0.3, -0.25) is 0 Å². The lowest BCUT2D eigenvalue weighted by Gasteiger charge is -2.18. The summed E-state index contributed by atoms with van der Waals surface area (Å²) in [4.78, 5) is 0. The Morgan fingerprint density at radius 2 is 0.940 bits per heavy atom. The molecule has 0 bridgehead atoms. The lowest BCUT2D eigenvalue weighted by Crippen LogP contribution is -2.03. The zero-order chi connectivity index (χ0) is 33.8. The number of nitriles is 3. The first kappa shape index (κ1) is 28.8. The summed E-state index contributed by atoms with van der Waals surface area (Å²) < 4.78 is 4.36. The molecule has 0 aliphatic carbocycles. The number of fused-ring (bicyclic) bond motifs is 6. The minimum Gasteiger partial charge on any atom is -0.309 e. The standard InChI is InChI=1S/C45H25N5/c46-26-29-16-23-43-39(24-29)38-12-3-4-13-40(38)49(43)35-21-19-30(20-22-35)31-8-7-9-32(25-31)44-33(27-47)17-18-34(28-48)45(44)50-41-14-5-1-10-36(41)37-11-2-6-15-42(37)50/h1-25H. The fourth-order valence-electron chi connectivity index (χ4n) is 7.44. The van der Waals surface area contributed by atoms with Crippen molar-refractivity contribution in [3.05, 3.63) is 168 Å². The number of rotatable bonds is 4. The zero-order valence-corrected chi connectivity index (χ0v) is 26.7. The molecule has 0 radical (unpaired) electrons. The second kappa shape index (κ2) is 11.4. The fourth-order valence-corrected chi connectivity index (χ4v) is 7.44. The van der Waals surface area contributed by atoms with Crippen LogP contribution in [0.5, 0.6) is 0 Å². The maximum atomic E-state index is 10.4. The minimum atomic E-state index is 0.494. The van der Waals surface area contributed by atoms with Crippen molar-refractivity contribution in [3.8, 4) is 51.8 Å². The Hall–Kier alpha value is -7.39. The monoisotopic (exact) mass is 635 g/mol. The van der Waals surface area contributed by atoms with Crippen molar-refractivity contribution in [3.63, 3.8) is 0 Å². The molecule has 2 heterocycles. The first-order valence-corrected chi connectivity index (χ1v) is 16.3. The highest BCUT2D eigenvalue weighted by molar-refractivity contribution is 6.11. The van der Waals surface area contributed by atoms with Gasteiger partial charge in [0.2, 0.25) is 0 Å². The Labute approximate surface area is 287 Å². The summed E-state index contributed by atoms with van der Waals surface area (Å²) in [5, 5.41) is 34.7. The third-order valence-electron chi connectivity index (χ3n) is 9.63. The molecule has 5 nitrogen and oxygen atoms in total. The van der Waals surface area contributed by atoms with E-state index in [4.69, 9.17) is 0 Å². The van der Waals surface area contributed by atoms with Crippen molar-refractivity contribution in [1.29, 1.82) is 15.8 Å². The van der Waals surface area contributed by atoms with Gasteiger partial charge in [-0.2, -0.15) is 15.8 Å². The lowest BCUT2D eigenvalue weighted by molar-refractivity contribution is 1.17. The van der Waals surface area contributed by atoms with Gasteiger partial charge in [-0.05, 0) is 83.4 Å². The summed E-state index contributed by atoms with van der Waals surface area (Å²) in [5.41, 5.74) is 11.0. The Bertz CT molecular complexity index is 2900. The van der Waals surface area contributed by atoms with Gasteiger partial charge in [0.15, 0.2) is 0 Å². The maximum absolute atomic E-state index is 10.4. The van der Waals surface area contributed by atoms with Crippen molar-refractivity contribution in [2.75, 3.05) is 0 Å². The van der Waals surface area contributed by atoms with Crippen LogP contribution < -0.4 is 0 Å². The van der Waals surface area contributed by atoms with E-state index in [9.17, 15) is 15.8 Å². The molecule has 9 rings (SSSR count). The van der Waals surface area contributed by atoms with Gasteiger partial charge in [-0.15, -0.1) is 0 Å². The largest absolute Gasteiger partial charge is 0.309 e. The average Bonchev–Trinajstić information content (AvgIpc) is 3.70. The van der Waals surface area contributed by atoms with Crippen molar-refractivity contribution < 1.29 is 0 Å². The third kappa shape index (κ3) is 4.31. The summed E-state index contributed by atoms with van der Waals surface area (Å²) in [7, 11) is 0. The molecule has 0 fully saturated rings. The van der Waals surface area contributed by atoms with Crippen molar-refractivity contribution in [1.82, 2.24) is 9.13 Å². The van der Waals surface area contributed by atoms with E-state index >= 15 is 0 Å². The zero-order valence-electron chi connectivity index (χ0n) is 26.7. The Morgan fingerprint density at radius 1 is 0.380 bits per heavy atom. The number of hydrogen-bond donors (Lipinski definition) is 0. The van der Waals surface area contributed by atoms with Crippen molar-refractivity contribution in [2.24, 2.45) is 0 Å². The fraction of sp³-hybridized carbons (Fsp3) is 0. The molecule has 0 saturated heterocycles. The van der Waals surface area contributed by atoms with Crippen molar-refractivity contribution >= 4 is 43.6 Å². The molecule has 0 atom stereocenters. The number of nitrogens with zero attached hydrogens (tertiary/aromatic N) is 5. The molecule has 0 aliphatic rings. The van der Waals surface area contributed by atoms with Crippen LogP contribution in [0.3, 0.4) is 0 Å². The predicted molar refractivity (Wildman–Crippen MR) is 200 cm³/mol. The Balaban J connectivity index is 1.21. The molecule has 2 aromatic heterocycles. The van der Waals surface area contributed by atoms with Gasteiger partial charge in [0.05, 0.1) is 56.6 Å². The van der Waals surface area contributed by atoms with Gasteiger partial charge < -0.3 is 9.13 Å². The number of benzene rings is 7. The van der Waals surface area contributed by atoms with Crippen LogP contribution in [0.15, 0.2) is 152 Å². The number of aromatic nitrogens is 2. The van der Waals surface area contributed by atoms with Crippen LogP contribution in [0.1, 0.15) is 16.7 Å². The molecule has 0 spiro atoms. The van der Waals surface area contributed by atoms with Crippen LogP contribution in [0.25, 0.3) is 77.2 Å². The van der Waals surface area contributed by atoms with E-state index in [1.165, 1.54) is 0 Å². The Morgan fingerprint density at radius 3 is 1.58 bits per heavy atom. The molecular formula is C45H25N5. The normalized spacial score (nSPS) is 11.1. The SMILES string of the molecule is N#Cc1ccc2c(c1)c1ccccc1n2-c1ccc(-c2cccc(-c3c(C#N)ccc(C#N)c3-n3c4ccccc4c4ccccc43)c2)cc1. The second-order valence-electron chi connectivity index (χ2n) is 12.3. The Kier molecular flexibility index (Phi) is 6.56. The lowest BCUT2D eigenvalue weighted by atomic mass is 9.92. The molecule has 230 valence electrons. The van der Waals surface area contributed by atoms with Crippen LogP contribution in [-0.2, 0) is 0 Å². The van der Waals surface area contributed by atoms with Gasteiger partial charge in [-0.1, -0.05) is 84.9 Å². The van der Waals surface area contributed by atoms with Crippen LogP contribution in [-0.4, -0.2) is 9.13 Å². The highest BCUT2D eigenvalue weighted by Crippen LogP contribution is 2.40. The highest BCUT2D eigenvalue weighted by Gasteiger charge is 2.22. The molecule has 50 heavy (non-hydrogen) atoms. The smallest absolute Gasteiger partial charge is 0.101 e. The maximum Gasteiger partial charge on any atom is 0.101 e. The van der Waals surface area contributed by atoms with Crippen LogP contribution >= 0.6 is 0 Å². The minimum absolute atomic E-state index is 0.494. The van der Waals surface area contributed by atoms with Gasteiger partial charge in [0.1, 0.15) is 6.07 Å². The van der Waals surface area contributed by atoms with Crippen LogP contribution in [0.4, 0.5) is 0 Å². The molecule has 9 aromatic rings. The topological polar surface area (TPSA) is 81.2 Å². The predicted octanol–water partition coefficient (Wildman–Crippen LogP) is 10.8. The third-order valence-corrected chi connectivity index (χ3v) is 9.63. The first-order chi connectivity index (χ1) is 24.7. The summed E-state index contributed by atoms with van der Waals surface area (Å²) in [6.07, 6.45) is 0. The molecule has 0 saturated carbocycles. The second-order valence-corrected chi connectivity index (χ2v) is 12.3. The summed E-state index contributed by atoms with van der Waals surface area (Å²) in [6.45, 7) is 0. The van der Waals surface area contributed by atoms with Gasteiger partial charge in [0.25, 0.3) is 0 Å². The molecule has 5 heteroatoms. The summed E-state index contributed by atoms with van der Waals surface area (Å²) in [5.74, 6) is 0. The molecule has 0 N–H and O–H groups in total. The quantitative estimate of drug-likeness (QED) is 0.193. The first-order valence-electron chi connectivity index (χ1n) is 16.3. The summed E-state index contributed by atoms with van der Waals surface area (Å²) in [6, 6.07) is 57.8. The van der Waals surface area contributed by atoms with Crippen LogP contribution in [0, 0.1) is 34.0 Å². The average molecular weight is 636 g/mol. The van der Waals surface area contributed by atoms with Crippen LogP contribution in [0.2, 0.25) is 0 Å². The molecule has 0 amide bonds. The number of hydrogen-bond acceptors (Lipinski definition) is 3. The highest BCUT2D eigenvalue weighted by atomic mass is 15.0. The molecule has 7 aromatic carbocycles. The summed E-state index contributed by atoms with van der Waals surface area (Å²) >= 11 is 0. The van der Waals surface area contributed by atoms with E-state index in [1.54, 1.807) is 12.1 Å². The van der Waals surface area contributed by atoms with E-state index in [1.807, 2.05) is 66.7 Å². The molecule has 0 aliphatic heterocycles. The van der Waals surface area contributed by atoms with Gasteiger partial charge >= 0.3 is 0 Å².